The Morgan fingerprint density at radius 3 is 2.89 bits per heavy atom. The number of guanidine groups is 1. The molecule has 0 radical (unpaired) electrons. The molecule has 1 fully saturated rings. The standard InChI is InChI=1S/C29H37N5O2/c1-22(30-20-23-13-7-5-8-14-23)29(17-11-6-12-18-29)36-21-25-19-26(35)34(2)28(31-25)32-27(33-34)24-15-9-3-4-10-16-24/h5,7-9,13,15-16,19,23,30H,1,3-4,6,10-12,14,17-18,20-21H2,2H3/p+1. The molecular formula is C29H38N5O2+. The SMILES string of the molecule is C=C(NCC1C=CC=CC1)C1(OCC2=CC(=O)[N+]3(C)N=C(C4=CCCCC=C4)N=C3N2)CCCCC1. The maximum absolute atomic E-state index is 13.2. The Morgan fingerprint density at radius 2 is 2.08 bits per heavy atom. The predicted molar refractivity (Wildman–Crippen MR) is 144 cm³/mol. The van der Waals surface area contributed by atoms with Gasteiger partial charge < -0.3 is 10.1 Å². The van der Waals surface area contributed by atoms with Crippen molar-refractivity contribution in [2.45, 2.75) is 63.4 Å². The lowest BCUT2D eigenvalue weighted by Crippen LogP contribution is -2.56. The number of nitrogens with zero attached hydrogens (tertiary/aromatic N) is 3. The second-order valence-electron chi connectivity index (χ2n) is 10.5. The average molecular weight is 489 g/mol. The number of amidine groups is 1. The van der Waals surface area contributed by atoms with Gasteiger partial charge in [-0.2, -0.15) is 4.99 Å². The van der Waals surface area contributed by atoms with Crippen LogP contribution >= 0.6 is 0 Å². The van der Waals surface area contributed by atoms with Gasteiger partial charge in [-0.25, -0.2) is 4.79 Å². The van der Waals surface area contributed by atoms with E-state index in [4.69, 9.17) is 9.73 Å². The van der Waals surface area contributed by atoms with Crippen molar-refractivity contribution in [1.29, 1.82) is 0 Å². The number of amides is 1. The molecular weight excluding hydrogens is 450 g/mol. The smallest absolute Gasteiger partial charge is 0.374 e. The molecule has 5 rings (SSSR count). The fourth-order valence-electron chi connectivity index (χ4n) is 5.41. The van der Waals surface area contributed by atoms with E-state index in [1.165, 1.54) is 6.42 Å². The van der Waals surface area contributed by atoms with Crippen molar-refractivity contribution < 1.29 is 14.1 Å². The zero-order valence-electron chi connectivity index (χ0n) is 21.3. The lowest BCUT2D eigenvalue weighted by atomic mass is 9.82. The van der Waals surface area contributed by atoms with Crippen LogP contribution in [0, 0.1) is 5.92 Å². The van der Waals surface area contributed by atoms with Gasteiger partial charge in [0.2, 0.25) is 5.84 Å². The van der Waals surface area contributed by atoms with Crippen LogP contribution in [0.5, 0.6) is 0 Å². The van der Waals surface area contributed by atoms with E-state index >= 15 is 0 Å². The number of nitrogens with one attached hydrogen (secondary N) is 2. The number of rotatable bonds is 8. The van der Waals surface area contributed by atoms with E-state index in [1.54, 1.807) is 13.1 Å². The van der Waals surface area contributed by atoms with E-state index in [-0.39, 0.29) is 10.5 Å². The highest BCUT2D eigenvalue weighted by Gasteiger charge is 2.47. The van der Waals surface area contributed by atoms with Crippen molar-refractivity contribution in [2.75, 3.05) is 20.2 Å². The number of allylic oxidation sites excluding steroid dienone is 5. The van der Waals surface area contributed by atoms with Crippen LogP contribution in [0.15, 0.2) is 82.2 Å². The molecule has 190 valence electrons. The van der Waals surface area contributed by atoms with E-state index < -0.39 is 5.60 Å². The van der Waals surface area contributed by atoms with Gasteiger partial charge in [0.1, 0.15) is 12.6 Å². The van der Waals surface area contributed by atoms with Gasteiger partial charge in [-0.05, 0) is 49.5 Å². The molecule has 7 heteroatoms. The van der Waals surface area contributed by atoms with Crippen LogP contribution in [-0.2, 0) is 9.53 Å². The molecule has 5 aliphatic rings. The number of quaternary nitrogens is 1. The predicted octanol–water partition coefficient (Wildman–Crippen LogP) is 4.75. The summed E-state index contributed by atoms with van der Waals surface area (Å²) in [4.78, 5) is 17.9. The van der Waals surface area contributed by atoms with E-state index in [1.807, 2.05) is 0 Å². The minimum atomic E-state index is -0.428. The van der Waals surface area contributed by atoms with Crippen LogP contribution in [0.25, 0.3) is 0 Å². The Balaban J connectivity index is 1.26. The second kappa shape index (κ2) is 10.5. The minimum Gasteiger partial charge on any atom is -0.386 e. The highest BCUT2D eigenvalue weighted by molar-refractivity contribution is 6.12. The first-order chi connectivity index (χ1) is 17.5. The van der Waals surface area contributed by atoms with Crippen molar-refractivity contribution in [1.82, 2.24) is 10.6 Å². The highest BCUT2D eigenvalue weighted by atomic mass is 16.5. The summed E-state index contributed by atoms with van der Waals surface area (Å²) in [6.07, 6.45) is 26.1. The molecule has 0 spiro atoms. The molecule has 36 heavy (non-hydrogen) atoms. The molecule has 1 amide bonds. The fourth-order valence-corrected chi connectivity index (χ4v) is 5.41. The van der Waals surface area contributed by atoms with Crippen molar-refractivity contribution >= 4 is 17.7 Å². The van der Waals surface area contributed by atoms with Crippen LogP contribution in [0.3, 0.4) is 0 Å². The number of likely N-dealkylation sites (N-methyl/N-ethyl adjacent to an activating group) is 1. The Labute approximate surface area is 214 Å². The monoisotopic (exact) mass is 488 g/mol. The molecule has 1 saturated carbocycles. The molecule has 3 aliphatic carbocycles. The van der Waals surface area contributed by atoms with Crippen molar-refractivity contribution in [3.05, 3.63) is 72.2 Å². The zero-order chi connectivity index (χ0) is 25.0. The lowest BCUT2D eigenvalue weighted by Gasteiger charge is -2.40. The summed E-state index contributed by atoms with van der Waals surface area (Å²) in [5.41, 5.74) is 2.22. The van der Waals surface area contributed by atoms with Gasteiger partial charge in [0.25, 0.3) is 0 Å². The van der Waals surface area contributed by atoms with Gasteiger partial charge in [0, 0.05) is 17.8 Å². The summed E-state index contributed by atoms with van der Waals surface area (Å²) < 4.78 is 6.39. The Kier molecular flexibility index (Phi) is 7.21. The Hall–Kier alpha value is -3.03. The van der Waals surface area contributed by atoms with Gasteiger partial charge >= 0.3 is 11.9 Å². The van der Waals surface area contributed by atoms with Gasteiger partial charge in [-0.15, -0.1) is 0 Å². The van der Waals surface area contributed by atoms with E-state index in [0.29, 0.717) is 30.0 Å². The molecule has 2 heterocycles. The third kappa shape index (κ3) is 5.08. The maximum atomic E-state index is 13.2. The number of carbonyl (C=O) groups is 1. The maximum Gasteiger partial charge on any atom is 0.374 e. The molecule has 2 atom stereocenters. The van der Waals surface area contributed by atoms with Crippen molar-refractivity contribution in [3.8, 4) is 0 Å². The van der Waals surface area contributed by atoms with Crippen molar-refractivity contribution in [2.24, 2.45) is 16.0 Å². The molecule has 0 aromatic heterocycles. The number of fused-ring (bicyclic) bond motifs is 1. The first-order valence-corrected chi connectivity index (χ1v) is 13.3. The average Bonchev–Trinajstić information content (AvgIpc) is 3.06. The number of hydrogen-bond acceptors (Lipinski definition) is 6. The second-order valence-corrected chi connectivity index (χ2v) is 10.5. The third-order valence-electron chi connectivity index (χ3n) is 7.78. The molecule has 0 bridgehead atoms. The Morgan fingerprint density at radius 1 is 1.22 bits per heavy atom. The third-order valence-corrected chi connectivity index (χ3v) is 7.78. The summed E-state index contributed by atoms with van der Waals surface area (Å²) in [7, 11) is 1.78. The first kappa shape index (κ1) is 24.7. The summed E-state index contributed by atoms with van der Waals surface area (Å²) in [5, 5.41) is 11.6. The van der Waals surface area contributed by atoms with E-state index in [2.05, 4.69) is 64.8 Å². The summed E-state index contributed by atoms with van der Waals surface area (Å²) >= 11 is 0. The van der Waals surface area contributed by atoms with Crippen LogP contribution in [0.2, 0.25) is 0 Å². The molecule has 0 aromatic rings. The fraction of sp³-hybridized carbons (Fsp3) is 0.483. The van der Waals surface area contributed by atoms with Crippen LogP contribution < -0.4 is 10.6 Å². The summed E-state index contributed by atoms with van der Waals surface area (Å²) in [6, 6.07) is 0. The van der Waals surface area contributed by atoms with E-state index in [0.717, 1.165) is 69.2 Å². The quantitative estimate of drug-likeness (QED) is 0.484. The van der Waals surface area contributed by atoms with Gasteiger partial charge in [0.15, 0.2) is 0 Å². The normalized spacial score (nSPS) is 28.8. The summed E-state index contributed by atoms with van der Waals surface area (Å²) in [6.45, 7) is 5.55. The Bertz CT molecular complexity index is 1120. The zero-order valence-corrected chi connectivity index (χ0v) is 21.3. The molecule has 2 unspecified atom stereocenters. The topological polar surface area (TPSA) is 75.1 Å². The summed E-state index contributed by atoms with van der Waals surface area (Å²) in [5.74, 6) is 1.48. The first-order valence-electron chi connectivity index (χ1n) is 13.3. The van der Waals surface area contributed by atoms with Gasteiger partial charge in [0.05, 0.1) is 18.4 Å². The highest BCUT2D eigenvalue weighted by Crippen LogP contribution is 2.37. The molecule has 0 aromatic carbocycles. The van der Waals surface area contributed by atoms with Crippen LogP contribution in [0.1, 0.15) is 57.8 Å². The molecule has 7 nitrogen and oxygen atoms in total. The van der Waals surface area contributed by atoms with Crippen molar-refractivity contribution in [3.63, 3.8) is 0 Å². The van der Waals surface area contributed by atoms with Gasteiger partial charge in [-0.3, -0.25) is 5.32 Å². The van der Waals surface area contributed by atoms with Crippen LogP contribution in [-0.4, -0.2) is 48.1 Å². The van der Waals surface area contributed by atoms with Crippen LogP contribution in [0.4, 0.5) is 0 Å². The number of carbonyl (C=O) groups excluding carboxylic acids is 1. The largest absolute Gasteiger partial charge is 0.386 e. The molecule has 2 N–H and O–H groups in total. The van der Waals surface area contributed by atoms with Gasteiger partial charge in [-0.1, -0.05) is 73.0 Å². The molecule has 0 saturated heterocycles. The lowest BCUT2D eigenvalue weighted by molar-refractivity contribution is -0.746. The number of hydrogen-bond donors (Lipinski definition) is 2. The number of aliphatic imine (C=N–C) groups is 1. The minimum absolute atomic E-state index is 0.119. The van der Waals surface area contributed by atoms with E-state index in [9.17, 15) is 4.79 Å². The number of ether oxygens (including phenoxy) is 1. The molecule has 2 aliphatic heterocycles.